The summed E-state index contributed by atoms with van der Waals surface area (Å²) in [7, 11) is 0. The highest BCUT2D eigenvalue weighted by Crippen LogP contribution is 2.32. The van der Waals surface area contributed by atoms with Crippen LogP contribution in [0, 0.1) is 0 Å². The van der Waals surface area contributed by atoms with Crippen molar-refractivity contribution in [2.24, 2.45) is 0 Å². The lowest BCUT2D eigenvalue weighted by Crippen LogP contribution is -2.34. The number of hydrogen-bond acceptors (Lipinski definition) is 5. The molecule has 0 unspecified atom stereocenters. The van der Waals surface area contributed by atoms with Crippen LogP contribution in [0.1, 0.15) is 29.2 Å². The van der Waals surface area contributed by atoms with E-state index in [0.29, 0.717) is 12.4 Å². The number of carbonyl (C=O) groups excluding carboxylic acids is 1. The van der Waals surface area contributed by atoms with Crippen LogP contribution in [0.3, 0.4) is 0 Å². The lowest BCUT2D eigenvalue weighted by atomic mass is 10.0. The molecule has 0 saturated carbocycles. The second kappa shape index (κ2) is 9.58. The van der Waals surface area contributed by atoms with Gasteiger partial charge in [-0.25, -0.2) is 9.97 Å². The minimum atomic E-state index is -0.0369. The highest BCUT2D eigenvalue weighted by Gasteiger charge is 2.24. The van der Waals surface area contributed by atoms with Crippen molar-refractivity contribution in [2.45, 2.75) is 38.8 Å². The maximum Gasteiger partial charge on any atom is 0.249 e. The Morgan fingerprint density at radius 1 is 1.09 bits per heavy atom. The largest absolute Gasteiger partial charge is 0.486 e. The lowest BCUT2D eigenvalue weighted by molar-refractivity contribution is -0.119. The number of imidazole rings is 1. The third kappa shape index (κ3) is 4.54. The first kappa shape index (κ1) is 21.4. The number of aromatic nitrogens is 3. The smallest absolute Gasteiger partial charge is 0.249 e. The van der Waals surface area contributed by atoms with E-state index in [1.54, 1.807) is 22.3 Å². The number of anilines is 1. The average Bonchev–Trinajstić information content (AvgIpc) is 3.43. The number of thiazole rings is 1. The summed E-state index contributed by atoms with van der Waals surface area (Å²) >= 11 is 1.64. The van der Waals surface area contributed by atoms with E-state index in [1.807, 2.05) is 59.2 Å². The highest BCUT2D eigenvalue weighted by molar-refractivity contribution is 7.16. The molecule has 1 amide bonds. The number of hydrogen-bond donors (Lipinski definition) is 0. The number of carbonyl (C=O) groups is 1. The molecule has 0 N–H and O–H groups in total. The molecule has 5 rings (SSSR count). The molecule has 2 aromatic heterocycles. The fourth-order valence-electron chi connectivity index (χ4n) is 4.17. The number of rotatable bonds is 8. The predicted molar refractivity (Wildman–Crippen MR) is 132 cm³/mol. The van der Waals surface area contributed by atoms with Gasteiger partial charge in [-0.15, -0.1) is 17.9 Å². The Kier molecular flexibility index (Phi) is 6.21. The van der Waals surface area contributed by atoms with E-state index in [2.05, 4.69) is 6.58 Å². The molecule has 0 saturated heterocycles. The average molecular weight is 459 g/mol. The van der Waals surface area contributed by atoms with Crippen LogP contribution in [0.25, 0.3) is 11.0 Å². The van der Waals surface area contributed by atoms with Gasteiger partial charge in [0, 0.05) is 11.4 Å². The van der Waals surface area contributed by atoms with Crippen molar-refractivity contribution in [1.82, 2.24) is 14.5 Å². The van der Waals surface area contributed by atoms with Gasteiger partial charge in [-0.1, -0.05) is 36.4 Å². The molecular formula is C26H26N4O2S. The number of fused-ring (bicyclic) bond motifs is 2. The monoisotopic (exact) mass is 458 g/mol. The first-order chi connectivity index (χ1) is 16.2. The summed E-state index contributed by atoms with van der Waals surface area (Å²) in [6.07, 6.45) is 6.16. The van der Waals surface area contributed by atoms with Crippen LogP contribution >= 0.6 is 11.3 Å². The minimum Gasteiger partial charge on any atom is -0.486 e. The molecule has 0 bridgehead atoms. The van der Waals surface area contributed by atoms with Gasteiger partial charge in [0.1, 0.15) is 24.7 Å². The molecule has 0 fully saturated rings. The van der Waals surface area contributed by atoms with Crippen LogP contribution in [0.5, 0.6) is 5.75 Å². The zero-order valence-corrected chi connectivity index (χ0v) is 19.3. The van der Waals surface area contributed by atoms with Gasteiger partial charge >= 0.3 is 0 Å². The number of amides is 1. The van der Waals surface area contributed by atoms with Crippen LogP contribution in [-0.2, 0) is 30.8 Å². The molecule has 7 heteroatoms. The summed E-state index contributed by atoms with van der Waals surface area (Å²) in [6.45, 7) is 4.72. The summed E-state index contributed by atoms with van der Waals surface area (Å²) in [5.74, 6) is 1.44. The lowest BCUT2D eigenvalue weighted by Gasteiger charge is -2.19. The summed E-state index contributed by atoms with van der Waals surface area (Å²) in [5, 5.41) is 0.762. The minimum absolute atomic E-state index is 0.0369. The molecule has 4 aromatic rings. The molecule has 0 atom stereocenters. The van der Waals surface area contributed by atoms with Crippen LogP contribution in [0.2, 0.25) is 0 Å². The van der Waals surface area contributed by atoms with E-state index in [4.69, 9.17) is 14.7 Å². The van der Waals surface area contributed by atoms with Gasteiger partial charge in [-0.3, -0.25) is 9.69 Å². The van der Waals surface area contributed by atoms with E-state index in [1.165, 1.54) is 11.3 Å². The van der Waals surface area contributed by atoms with Gasteiger partial charge in [0.15, 0.2) is 5.13 Å². The Morgan fingerprint density at radius 2 is 1.88 bits per heavy atom. The van der Waals surface area contributed by atoms with Gasteiger partial charge in [0.05, 0.1) is 16.7 Å². The number of aryl methyl sites for hydroxylation is 2. The van der Waals surface area contributed by atoms with E-state index >= 15 is 0 Å². The van der Waals surface area contributed by atoms with Gasteiger partial charge in [0.25, 0.3) is 0 Å². The highest BCUT2D eigenvalue weighted by atomic mass is 32.1. The second-order valence-corrected chi connectivity index (χ2v) is 9.13. The molecule has 168 valence electrons. The third-order valence-electron chi connectivity index (χ3n) is 5.82. The zero-order valence-electron chi connectivity index (χ0n) is 18.4. The predicted octanol–water partition coefficient (Wildman–Crippen LogP) is 5.17. The first-order valence-electron chi connectivity index (χ1n) is 11.2. The Morgan fingerprint density at radius 3 is 2.70 bits per heavy atom. The maximum absolute atomic E-state index is 13.5. The van der Waals surface area contributed by atoms with Crippen molar-refractivity contribution in [3.05, 3.63) is 83.6 Å². The van der Waals surface area contributed by atoms with Gasteiger partial charge in [-0.2, -0.15) is 0 Å². The molecule has 33 heavy (non-hydrogen) atoms. The summed E-state index contributed by atoms with van der Waals surface area (Å²) < 4.78 is 7.91. The number of benzene rings is 2. The molecule has 2 aromatic carbocycles. The fourth-order valence-corrected chi connectivity index (χ4v) is 5.34. The Balaban J connectivity index is 1.43. The zero-order chi connectivity index (χ0) is 22.6. The number of para-hydroxylation sites is 3. The third-order valence-corrected chi connectivity index (χ3v) is 7.00. The van der Waals surface area contributed by atoms with E-state index in [0.717, 1.165) is 46.9 Å². The summed E-state index contributed by atoms with van der Waals surface area (Å²) in [6, 6.07) is 17.5. The Hall–Kier alpha value is -3.45. The molecular weight excluding hydrogens is 432 g/mol. The van der Waals surface area contributed by atoms with Crippen LogP contribution < -0.4 is 9.64 Å². The fraction of sp³-hybridized carbons (Fsp3) is 0.269. The standard InChI is InChI=1S/C26H26N4O2S/c1-2-16-29(26-28-21-13-7-9-15-23(21)33-26)25(31)17-30-22-14-8-6-12-20(22)27-24(30)18-32-19-10-4-3-5-11-19/h2-6,8,10-12,14H,1,7,9,13,15-18H2. The summed E-state index contributed by atoms with van der Waals surface area (Å²) in [5.41, 5.74) is 2.90. The number of ether oxygens (including phenoxy) is 1. The van der Waals surface area contributed by atoms with Crippen molar-refractivity contribution in [3.8, 4) is 5.75 Å². The normalized spacial score (nSPS) is 13.0. The van der Waals surface area contributed by atoms with Crippen molar-refractivity contribution >= 4 is 33.4 Å². The topological polar surface area (TPSA) is 60.2 Å². The molecule has 0 spiro atoms. The van der Waals surface area contributed by atoms with Crippen molar-refractivity contribution in [1.29, 1.82) is 0 Å². The Labute approximate surface area is 197 Å². The molecule has 1 aliphatic rings. The van der Waals surface area contributed by atoms with Crippen LogP contribution in [-0.4, -0.2) is 27.0 Å². The molecule has 0 radical (unpaired) electrons. The maximum atomic E-state index is 13.5. The quantitative estimate of drug-likeness (QED) is 0.342. The molecule has 0 aliphatic heterocycles. The second-order valence-electron chi connectivity index (χ2n) is 8.07. The van der Waals surface area contributed by atoms with Crippen LogP contribution in [0.15, 0.2) is 67.3 Å². The van der Waals surface area contributed by atoms with Gasteiger partial charge in [0.2, 0.25) is 5.91 Å². The van der Waals surface area contributed by atoms with Crippen molar-refractivity contribution in [3.63, 3.8) is 0 Å². The van der Waals surface area contributed by atoms with Crippen molar-refractivity contribution in [2.75, 3.05) is 11.4 Å². The Bertz CT molecular complexity index is 1250. The molecule has 1 aliphatic carbocycles. The van der Waals surface area contributed by atoms with Crippen LogP contribution in [0.4, 0.5) is 5.13 Å². The molecule has 6 nitrogen and oxygen atoms in total. The number of nitrogens with zero attached hydrogens (tertiary/aromatic N) is 4. The first-order valence-corrected chi connectivity index (χ1v) is 12.1. The van der Waals surface area contributed by atoms with E-state index in [9.17, 15) is 4.79 Å². The summed E-state index contributed by atoms with van der Waals surface area (Å²) in [4.78, 5) is 26.1. The van der Waals surface area contributed by atoms with Gasteiger partial charge < -0.3 is 9.30 Å². The van der Waals surface area contributed by atoms with E-state index in [-0.39, 0.29) is 19.1 Å². The van der Waals surface area contributed by atoms with Gasteiger partial charge in [-0.05, 0) is 49.9 Å². The van der Waals surface area contributed by atoms with Crippen molar-refractivity contribution < 1.29 is 9.53 Å². The molecule has 2 heterocycles. The van der Waals surface area contributed by atoms with E-state index < -0.39 is 0 Å². The SMILES string of the molecule is C=CCN(C(=O)Cn1c(COc2ccccc2)nc2ccccc21)c1nc2c(s1)CCCC2.